The fourth-order valence-electron chi connectivity index (χ4n) is 3.78. The lowest BCUT2D eigenvalue weighted by molar-refractivity contribution is -0.286. The highest BCUT2D eigenvalue weighted by Gasteiger charge is 2.53. The lowest BCUT2D eigenvalue weighted by Crippen LogP contribution is -2.28. The molecule has 32 heavy (non-hydrogen) atoms. The third-order valence-electron chi connectivity index (χ3n) is 5.68. The van der Waals surface area contributed by atoms with Gasteiger partial charge >= 0.3 is 6.29 Å². The molecule has 1 fully saturated rings. The van der Waals surface area contributed by atoms with Crippen LogP contribution in [0.3, 0.4) is 0 Å². The maximum Gasteiger partial charge on any atom is 0.586 e. The Bertz CT molecular complexity index is 1320. The van der Waals surface area contributed by atoms with Crippen molar-refractivity contribution in [1.82, 2.24) is 9.97 Å². The van der Waals surface area contributed by atoms with E-state index in [0.29, 0.717) is 35.5 Å². The van der Waals surface area contributed by atoms with Crippen LogP contribution in [0, 0.1) is 6.92 Å². The number of ether oxygens (including phenoxy) is 2. The third kappa shape index (κ3) is 3.33. The van der Waals surface area contributed by atoms with E-state index < -0.39 is 17.3 Å². The Labute approximate surface area is 180 Å². The maximum atomic E-state index is 13.3. The minimum atomic E-state index is -3.72. The second-order valence-electron chi connectivity index (χ2n) is 7.90. The number of aromatic nitrogens is 2. The molecule has 3 heterocycles. The van der Waals surface area contributed by atoms with Crippen LogP contribution in [0.5, 0.6) is 11.5 Å². The number of aromatic amines is 1. The number of benzene rings is 1. The third-order valence-corrected chi connectivity index (χ3v) is 5.68. The van der Waals surface area contributed by atoms with Gasteiger partial charge in [-0.25, -0.2) is 4.98 Å². The molecule has 8 nitrogen and oxygen atoms in total. The van der Waals surface area contributed by atoms with Crippen molar-refractivity contribution < 1.29 is 23.0 Å². The zero-order valence-electron chi connectivity index (χ0n) is 16.9. The molecule has 0 bridgehead atoms. The number of H-pyrrole nitrogens is 1. The molecular formula is C22H18F2N4O4. The molecule has 4 N–H and O–H groups in total. The zero-order chi connectivity index (χ0) is 22.7. The van der Waals surface area contributed by atoms with Crippen LogP contribution in [0.4, 0.5) is 20.3 Å². The highest BCUT2D eigenvalue weighted by molar-refractivity contribution is 6.01. The number of rotatable bonds is 4. The molecule has 1 aliphatic carbocycles. The summed E-state index contributed by atoms with van der Waals surface area (Å²) >= 11 is 0. The lowest BCUT2D eigenvalue weighted by Gasteiger charge is -2.17. The second-order valence-corrected chi connectivity index (χ2v) is 7.90. The smallest absolute Gasteiger partial charge is 0.395 e. The number of nitrogen functional groups attached to an aromatic ring is 1. The van der Waals surface area contributed by atoms with Gasteiger partial charge in [-0.2, -0.15) is 0 Å². The summed E-state index contributed by atoms with van der Waals surface area (Å²) in [6, 6.07) is 9.36. The molecule has 1 saturated carbocycles. The van der Waals surface area contributed by atoms with Crippen LogP contribution >= 0.6 is 0 Å². The normalized spacial score (nSPS) is 17.1. The number of hydrogen-bond donors (Lipinski definition) is 3. The van der Waals surface area contributed by atoms with Crippen LogP contribution in [-0.4, -0.2) is 22.2 Å². The van der Waals surface area contributed by atoms with Crippen LogP contribution < -0.4 is 26.1 Å². The number of carbonyl (C=O) groups excluding carboxylic acids is 1. The predicted octanol–water partition coefficient (Wildman–Crippen LogP) is 3.32. The number of carbonyl (C=O) groups is 1. The number of pyridine rings is 2. The molecule has 1 aliphatic heterocycles. The molecule has 0 saturated heterocycles. The number of alkyl halides is 2. The van der Waals surface area contributed by atoms with E-state index in [-0.39, 0.29) is 23.1 Å². The zero-order valence-corrected chi connectivity index (χ0v) is 16.9. The predicted molar refractivity (Wildman–Crippen MR) is 112 cm³/mol. The average Bonchev–Trinajstić information content (AvgIpc) is 3.48. The average molecular weight is 440 g/mol. The van der Waals surface area contributed by atoms with Gasteiger partial charge in [0.05, 0.1) is 16.8 Å². The summed E-state index contributed by atoms with van der Waals surface area (Å²) in [6.07, 6.45) is -1.09. The number of aryl methyl sites for hydroxylation is 1. The number of nitrogens with one attached hydrogen (secondary N) is 2. The van der Waals surface area contributed by atoms with E-state index in [1.54, 1.807) is 18.2 Å². The van der Waals surface area contributed by atoms with Gasteiger partial charge in [-0.15, -0.1) is 8.78 Å². The van der Waals surface area contributed by atoms with Crippen molar-refractivity contribution in [3.63, 3.8) is 0 Å². The standard InChI is InChI=1S/C22H18F2N4O4/c1-11-2-5-17(27-18(11)12-8-14(25)19(29)26-10-12)28-20(30)21(6-7-21)13-3-4-15-16(9-13)32-22(23,24)31-15/h2-5,8-10H,6-7,25H2,1H3,(H,26,29)(H,27,28,30). The Hall–Kier alpha value is -3.95. The van der Waals surface area contributed by atoms with Gasteiger partial charge in [0.1, 0.15) is 5.82 Å². The molecule has 0 atom stereocenters. The summed E-state index contributed by atoms with van der Waals surface area (Å²) in [5, 5.41) is 2.82. The van der Waals surface area contributed by atoms with Crippen LogP contribution in [0.1, 0.15) is 24.0 Å². The first-order valence-electron chi connectivity index (χ1n) is 9.85. The van der Waals surface area contributed by atoms with Gasteiger partial charge in [0.25, 0.3) is 5.56 Å². The van der Waals surface area contributed by atoms with E-state index in [1.165, 1.54) is 24.4 Å². The molecule has 0 radical (unpaired) electrons. The minimum absolute atomic E-state index is 0.0588. The number of nitrogens with two attached hydrogens (primary N) is 1. The topological polar surface area (TPSA) is 119 Å². The van der Waals surface area contributed by atoms with Crippen LogP contribution in [-0.2, 0) is 10.2 Å². The van der Waals surface area contributed by atoms with E-state index in [2.05, 4.69) is 24.8 Å². The van der Waals surface area contributed by atoms with Gasteiger partial charge in [0.2, 0.25) is 5.91 Å². The van der Waals surface area contributed by atoms with Crippen LogP contribution in [0.2, 0.25) is 0 Å². The summed E-state index contributed by atoms with van der Waals surface area (Å²) in [4.78, 5) is 31.7. The summed E-state index contributed by atoms with van der Waals surface area (Å²) in [5.41, 5.74) is 7.07. The maximum absolute atomic E-state index is 13.3. The van der Waals surface area contributed by atoms with E-state index in [4.69, 9.17) is 5.73 Å². The van der Waals surface area contributed by atoms with Gasteiger partial charge in [-0.05, 0) is 55.2 Å². The van der Waals surface area contributed by atoms with Crippen molar-refractivity contribution in [3.05, 3.63) is 64.1 Å². The molecule has 1 amide bonds. The van der Waals surface area contributed by atoms with E-state index in [9.17, 15) is 18.4 Å². The molecule has 2 aromatic heterocycles. The molecule has 0 unspecified atom stereocenters. The van der Waals surface area contributed by atoms with E-state index in [1.807, 2.05) is 6.92 Å². The summed E-state index contributed by atoms with van der Waals surface area (Å²) in [6.45, 7) is 1.85. The number of hydrogen-bond acceptors (Lipinski definition) is 6. The number of halogens is 2. The lowest BCUT2D eigenvalue weighted by atomic mass is 9.94. The Balaban J connectivity index is 1.41. The Morgan fingerprint density at radius 2 is 1.91 bits per heavy atom. The van der Waals surface area contributed by atoms with Crippen molar-refractivity contribution in [2.45, 2.75) is 31.5 Å². The second kappa shape index (κ2) is 6.78. The van der Waals surface area contributed by atoms with Crippen LogP contribution in [0.15, 0.2) is 47.4 Å². The summed E-state index contributed by atoms with van der Waals surface area (Å²) in [5.74, 6) is -0.150. The summed E-state index contributed by atoms with van der Waals surface area (Å²) < 4.78 is 35.6. The monoisotopic (exact) mass is 440 g/mol. The fraction of sp³-hybridized carbons (Fsp3) is 0.227. The quantitative estimate of drug-likeness (QED) is 0.573. The largest absolute Gasteiger partial charge is 0.586 e. The number of amides is 1. The SMILES string of the molecule is Cc1ccc(NC(=O)C2(c3ccc4c(c3)OC(F)(F)O4)CC2)nc1-c1c[nH]c(=O)c(N)c1. The molecule has 10 heteroatoms. The number of nitrogens with zero attached hydrogens (tertiary/aromatic N) is 1. The van der Waals surface area contributed by atoms with Crippen LogP contribution in [0.25, 0.3) is 11.3 Å². The molecule has 1 aromatic carbocycles. The van der Waals surface area contributed by atoms with Crippen molar-refractivity contribution >= 4 is 17.4 Å². The summed E-state index contributed by atoms with van der Waals surface area (Å²) in [7, 11) is 0. The molecule has 164 valence electrons. The van der Waals surface area contributed by atoms with Gasteiger partial charge in [-0.3, -0.25) is 9.59 Å². The highest BCUT2D eigenvalue weighted by atomic mass is 19.3. The molecule has 2 aliphatic rings. The Morgan fingerprint density at radius 1 is 1.16 bits per heavy atom. The van der Waals surface area contributed by atoms with Crippen molar-refractivity contribution in [3.8, 4) is 22.8 Å². The highest BCUT2D eigenvalue weighted by Crippen LogP contribution is 2.52. The fourth-order valence-corrected chi connectivity index (χ4v) is 3.78. The minimum Gasteiger partial charge on any atom is -0.395 e. The first-order valence-corrected chi connectivity index (χ1v) is 9.85. The van der Waals surface area contributed by atoms with E-state index in [0.717, 1.165) is 5.56 Å². The van der Waals surface area contributed by atoms with Gasteiger partial charge in [-0.1, -0.05) is 12.1 Å². The Morgan fingerprint density at radius 3 is 2.62 bits per heavy atom. The molecular weight excluding hydrogens is 422 g/mol. The van der Waals surface area contributed by atoms with Crippen molar-refractivity contribution in [2.24, 2.45) is 0 Å². The van der Waals surface area contributed by atoms with Gasteiger partial charge in [0.15, 0.2) is 11.5 Å². The van der Waals surface area contributed by atoms with Gasteiger partial charge < -0.3 is 25.5 Å². The van der Waals surface area contributed by atoms with E-state index >= 15 is 0 Å². The van der Waals surface area contributed by atoms with Crippen molar-refractivity contribution in [2.75, 3.05) is 11.1 Å². The molecule has 0 spiro atoms. The number of anilines is 2. The molecule has 3 aromatic rings. The first kappa shape index (κ1) is 20.0. The Kier molecular flexibility index (Phi) is 4.23. The van der Waals surface area contributed by atoms with Gasteiger partial charge in [0, 0.05) is 11.8 Å². The number of fused-ring (bicyclic) bond motifs is 1. The molecule has 5 rings (SSSR count). The first-order chi connectivity index (χ1) is 15.2. The van der Waals surface area contributed by atoms with Crippen molar-refractivity contribution in [1.29, 1.82) is 0 Å².